The molecule has 0 atom stereocenters. The normalized spacial score (nSPS) is 11.8. The van der Waals surface area contributed by atoms with Gasteiger partial charge in [-0.15, -0.1) is 5.10 Å². The summed E-state index contributed by atoms with van der Waals surface area (Å²) in [6.07, 6.45) is 0.359. The van der Waals surface area contributed by atoms with Crippen molar-refractivity contribution in [1.29, 1.82) is 0 Å². The Hall–Kier alpha value is -3.90. The van der Waals surface area contributed by atoms with E-state index in [-0.39, 0.29) is 11.4 Å². The number of nitrogens with one attached hydrogen (secondary N) is 1. The molecule has 5 rings (SSSR count). The molecule has 2 heterocycles. The van der Waals surface area contributed by atoms with Gasteiger partial charge >= 0.3 is 5.97 Å². The van der Waals surface area contributed by atoms with Crippen LogP contribution in [0.25, 0.3) is 5.69 Å². The summed E-state index contributed by atoms with van der Waals surface area (Å²) >= 11 is 6.15. The van der Waals surface area contributed by atoms with Crippen molar-refractivity contribution in [3.8, 4) is 11.6 Å². The lowest BCUT2D eigenvalue weighted by Crippen LogP contribution is -2.29. The summed E-state index contributed by atoms with van der Waals surface area (Å²) in [5, 5.41) is 8.17. The third-order valence-corrected chi connectivity index (χ3v) is 5.57. The Morgan fingerprint density at radius 2 is 1.81 bits per heavy atom. The molecule has 0 fully saturated rings. The van der Waals surface area contributed by atoms with Gasteiger partial charge in [0.15, 0.2) is 0 Å². The molecule has 0 radical (unpaired) electrons. The average molecular weight is 444 g/mol. The fourth-order valence-corrected chi connectivity index (χ4v) is 3.81. The highest BCUT2D eigenvalue weighted by Gasteiger charge is 2.27. The van der Waals surface area contributed by atoms with E-state index in [9.17, 15) is 9.59 Å². The lowest BCUT2D eigenvalue weighted by Gasteiger charge is -2.23. The first-order chi connectivity index (χ1) is 15.5. The van der Waals surface area contributed by atoms with Crippen molar-refractivity contribution in [3.05, 3.63) is 110 Å². The van der Waals surface area contributed by atoms with Crippen LogP contribution < -0.4 is 15.6 Å². The predicted octanol–water partition coefficient (Wildman–Crippen LogP) is 5.06. The van der Waals surface area contributed by atoms with Crippen LogP contribution >= 0.6 is 11.6 Å². The SMILES string of the molecule is Cc1ccc(-n2nc(OC(=O)c3ccccc3)c3c(c2=O)Cc2ccc(Cl)cc2N3)cc1. The third kappa shape index (κ3) is 3.65. The molecule has 0 saturated carbocycles. The standard InChI is InChI=1S/C25H18ClN3O3/c1-15-7-11-19(12-8-15)29-24(30)20-13-17-9-10-18(26)14-21(17)27-22(20)23(28-29)32-25(31)16-5-3-2-4-6-16/h2-12,14,27H,13H2,1H3. The van der Waals surface area contributed by atoms with E-state index in [1.54, 1.807) is 36.4 Å². The van der Waals surface area contributed by atoms with Crippen LogP contribution in [-0.4, -0.2) is 15.7 Å². The first-order valence-electron chi connectivity index (χ1n) is 10.1. The zero-order valence-electron chi connectivity index (χ0n) is 17.1. The molecule has 4 aromatic rings. The minimum absolute atomic E-state index is 0.0275. The maximum Gasteiger partial charge on any atom is 0.344 e. The van der Waals surface area contributed by atoms with E-state index < -0.39 is 5.97 Å². The molecule has 3 aromatic carbocycles. The van der Waals surface area contributed by atoms with Gasteiger partial charge < -0.3 is 10.1 Å². The number of aryl methyl sites for hydroxylation is 1. The summed E-state index contributed by atoms with van der Waals surface area (Å²) in [4.78, 5) is 26.2. The first kappa shape index (κ1) is 20.0. The molecule has 1 aliphatic rings. The molecule has 1 aliphatic heterocycles. The monoisotopic (exact) mass is 443 g/mol. The van der Waals surface area contributed by atoms with Crippen molar-refractivity contribution < 1.29 is 9.53 Å². The number of rotatable bonds is 3. The maximum absolute atomic E-state index is 13.4. The zero-order chi connectivity index (χ0) is 22.2. The molecular formula is C25H18ClN3O3. The van der Waals surface area contributed by atoms with Crippen LogP contribution in [0.5, 0.6) is 5.88 Å². The van der Waals surface area contributed by atoms with Gasteiger partial charge in [-0.1, -0.05) is 53.6 Å². The van der Waals surface area contributed by atoms with E-state index in [0.29, 0.717) is 33.9 Å². The van der Waals surface area contributed by atoms with Crippen molar-refractivity contribution in [2.75, 3.05) is 5.32 Å². The van der Waals surface area contributed by atoms with Gasteiger partial charge in [-0.2, -0.15) is 4.68 Å². The summed E-state index contributed by atoms with van der Waals surface area (Å²) < 4.78 is 6.95. The first-order valence-corrected chi connectivity index (χ1v) is 10.4. The molecule has 32 heavy (non-hydrogen) atoms. The number of hydrogen-bond acceptors (Lipinski definition) is 5. The minimum atomic E-state index is -0.562. The lowest BCUT2D eigenvalue weighted by molar-refractivity contribution is 0.0726. The van der Waals surface area contributed by atoms with Gasteiger partial charge in [0.2, 0.25) is 0 Å². The topological polar surface area (TPSA) is 73.2 Å². The fourth-order valence-electron chi connectivity index (χ4n) is 3.64. The van der Waals surface area contributed by atoms with E-state index in [1.165, 1.54) is 4.68 Å². The maximum atomic E-state index is 13.4. The van der Waals surface area contributed by atoms with Gasteiger partial charge in [-0.25, -0.2) is 4.79 Å². The van der Waals surface area contributed by atoms with Gasteiger partial charge in [0.1, 0.15) is 5.69 Å². The van der Waals surface area contributed by atoms with E-state index >= 15 is 0 Å². The van der Waals surface area contributed by atoms with Gasteiger partial charge in [-0.3, -0.25) is 4.79 Å². The van der Waals surface area contributed by atoms with E-state index in [0.717, 1.165) is 16.8 Å². The lowest BCUT2D eigenvalue weighted by atomic mass is 9.99. The number of fused-ring (bicyclic) bond motifs is 2. The summed E-state index contributed by atoms with van der Waals surface area (Å²) in [6.45, 7) is 1.96. The Kier molecular flexibility index (Phi) is 4.99. The predicted molar refractivity (Wildman–Crippen MR) is 124 cm³/mol. The van der Waals surface area contributed by atoms with Crippen LogP contribution in [0.15, 0.2) is 77.6 Å². The van der Waals surface area contributed by atoms with E-state index in [1.807, 2.05) is 43.3 Å². The van der Waals surface area contributed by atoms with Crippen LogP contribution in [0.2, 0.25) is 5.02 Å². The molecule has 158 valence electrons. The van der Waals surface area contributed by atoms with Crippen LogP contribution in [0, 0.1) is 6.92 Å². The molecule has 6 nitrogen and oxygen atoms in total. The second-order valence-corrected chi connectivity index (χ2v) is 8.01. The van der Waals surface area contributed by atoms with Gasteiger partial charge in [0.05, 0.1) is 16.8 Å². The van der Waals surface area contributed by atoms with Gasteiger partial charge in [-0.05, 0) is 48.9 Å². The Labute approximate surface area is 189 Å². The second-order valence-electron chi connectivity index (χ2n) is 7.57. The molecule has 1 N–H and O–H groups in total. The quantitative estimate of drug-likeness (QED) is 0.394. The number of hydrogen-bond donors (Lipinski definition) is 1. The summed E-state index contributed by atoms with van der Waals surface area (Å²) in [5.41, 5.74) is 4.25. The smallest absolute Gasteiger partial charge is 0.344 e. The molecule has 7 heteroatoms. The molecule has 0 unspecified atom stereocenters. The second kappa shape index (κ2) is 7.98. The number of ether oxygens (including phenoxy) is 1. The number of benzene rings is 3. The van der Waals surface area contributed by atoms with E-state index in [4.69, 9.17) is 16.3 Å². The molecule has 0 amide bonds. The van der Waals surface area contributed by atoms with Crippen molar-refractivity contribution >= 4 is 28.9 Å². The molecule has 0 spiro atoms. The zero-order valence-corrected chi connectivity index (χ0v) is 17.9. The van der Waals surface area contributed by atoms with Crippen molar-refractivity contribution in [1.82, 2.24) is 9.78 Å². The molecule has 1 aromatic heterocycles. The number of anilines is 2. The Balaban J connectivity index is 1.66. The van der Waals surface area contributed by atoms with Crippen molar-refractivity contribution in [2.24, 2.45) is 0 Å². The Bertz CT molecular complexity index is 1400. The minimum Gasteiger partial charge on any atom is -0.400 e. The Morgan fingerprint density at radius 3 is 2.56 bits per heavy atom. The summed E-state index contributed by atoms with van der Waals surface area (Å²) in [5.74, 6) is -0.534. The molecular weight excluding hydrogens is 426 g/mol. The molecule has 0 aliphatic carbocycles. The fraction of sp³-hybridized carbons (Fsp3) is 0.0800. The van der Waals surface area contributed by atoms with Crippen molar-refractivity contribution in [2.45, 2.75) is 13.3 Å². The van der Waals surface area contributed by atoms with Crippen LogP contribution in [0.4, 0.5) is 11.4 Å². The number of nitrogens with zero attached hydrogens (tertiary/aromatic N) is 2. The number of carbonyl (C=O) groups is 1. The van der Waals surface area contributed by atoms with Crippen LogP contribution in [-0.2, 0) is 6.42 Å². The Morgan fingerprint density at radius 1 is 1.06 bits per heavy atom. The molecule has 0 bridgehead atoms. The van der Waals surface area contributed by atoms with E-state index in [2.05, 4.69) is 10.4 Å². The third-order valence-electron chi connectivity index (χ3n) is 5.33. The summed E-state index contributed by atoms with van der Waals surface area (Å²) in [7, 11) is 0. The largest absolute Gasteiger partial charge is 0.400 e. The van der Waals surface area contributed by atoms with Crippen LogP contribution in [0.1, 0.15) is 27.0 Å². The highest BCUT2D eigenvalue weighted by atomic mass is 35.5. The van der Waals surface area contributed by atoms with Crippen LogP contribution in [0.3, 0.4) is 0 Å². The number of carbonyl (C=O) groups excluding carboxylic acids is 1. The highest BCUT2D eigenvalue weighted by Crippen LogP contribution is 2.37. The number of halogens is 1. The number of esters is 1. The van der Waals surface area contributed by atoms with Gasteiger partial charge in [0, 0.05) is 17.1 Å². The highest BCUT2D eigenvalue weighted by molar-refractivity contribution is 6.30. The number of aromatic nitrogens is 2. The van der Waals surface area contributed by atoms with Crippen molar-refractivity contribution in [3.63, 3.8) is 0 Å². The molecule has 0 saturated heterocycles. The summed E-state index contributed by atoms with van der Waals surface area (Å²) in [6, 6.07) is 21.5. The average Bonchev–Trinajstić information content (AvgIpc) is 2.81. The van der Waals surface area contributed by atoms with Gasteiger partial charge in [0.25, 0.3) is 11.4 Å².